The molecule has 1 saturated carbocycles. The van der Waals surface area contributed by atoms with Crippen molar-refractivity contribution in [2.24, 2.45) is 5.10 Å². The molecule has 1 N–H and O–H groups in total. The van der Waals surface area contributed by atoms with Crippen molar-refractivity contribution in [1.29, 1.82) is 0 Å². The lowest BCUT2D eigenvalue weighted by Gasteiger charge is -2.22. The Morgan fingerprint density at radius 2 is 1.81 bits per heavy atom. The van der Waals surface area contributed by atoms with Crippen LogP contribution in [0.2, 0.25) is 0 Å². The van der Waals surface area contributed by atoms with Gasteiger partial charge in [-0.2, -0.15) is 10.1 Å². The molecule has 1 aliphatic heterocycles. The van der Waals surface area contributed by atoms with Crippen molar-refractivity contribution in [3.63, 3.8) is 0 Å². The summed E-state index contributed by atoms with van der Waals surface area (Å²) in [5.74, 6) is -0.333. The molecule has 8 nitrogen and oxygen atoms in total. The summed E-state index contributed by atoms with van der Waals surface area (Å²) in [5.41, 5.74) is 2.61. The smallest absolute Gasteiger partial charge is 0.338 e. The summed E-state index contributed by atoms with van der Waals surface area (Å²) in [4.78, 5) is 37.5. The van der Waals surface area contributed by atoms with Crippen LogP contribution < -0.4 is 15.1 Å². The number of carbonyl (C=O) groups excluding carboxylic acids is 3. The number of nitrogens with one attached hydrogen (secondary N) is 1. The number of carbonyl (C=O) groups is 3. The minimum atomic E-state index is -0.416. The Kier molecular flexibility index (Phi) is 8.15. The van der Waals surface area contributed by atoms with Gasteiger partial charge in [-0.15, -0.1) is 0 Å². The van der Waals surface area contributed by atoms with E-state index in [-0.39, 0.29) is 24.5 Å². The summed E-state index contributed by atoms with van der Waals surface area (Å²) >= 11 is 0. The van der Waals surface area contributed by atoms with E-state index in [0.29, 0.717) is 40.5 Å². The number of para-hydroxylation sites is 1. The van der Waals surface area contributed by atoms with E-state index in [1.807, 2.05) is 18.2 Å². The van der Waals surface area contributed by atoms with Crippen LogP contribution >= 0.6 is 0 Å². The van der Waals surface area contributed by atoms with Gasteiger partial charge in [-0.1, -0.05) is 37.5 Å². The molecule has 0 bridgehead atoms. The average molecular weight is 490 g/mol. The minimum absolute atomic E-state index is 0.0867. The molecule has 8 heteroatoms. The van der Waals surface area contributed by atoms with Crippen LogP contribution in [-0.2, 0) is 14.3 Å². The molecule has 0 radical (unpaired) electrons. The Hall–Kier alpha value is -3.94. The molecule has 0 atom stereocenters. The molecule has 2 aromatic rings. The third-order valence-corrected chi connectivity index (χ3v) is 6.23. The van der Waals surface area contributed by atoms with E-state index in [1.54, 1.807) is 50.3 Å². The molecule has 1 fully saturated rings. The highest BCUT2D eigenvalue weighted by molar-refractivity contribution is 6.32. The Morgan fingerprint density at radius 3 is 2.53 bits per heavy atom. The molecular formula is C28H31N3O5. The third-order valence-electron chi connectivity index (χ3n) is 6.23. The van der Waals surface area contributed by atoms with Gasteiger partial charge in [0.15, 0.2) is 6.61 Å². The number of rotatable bonds is 8. The predicted octanol–water partition coefficient (Wildman–Crippen LogP) is 4.50. The SMILES string of the molecule is CCOC(=O)c1ccc(N2N=C(C)C(=Cc3ccccc3OCC(=O)NC3CCCCC3)C2=O)cc1. The first-order valence-electron chi connectivity index (χ1n) is 12.4. The predicted molar refractivity (Wildman–Crippen MR) is 138 cm³/mol. The van der Waals surface area contributed by atoms with Crippen LogP contribution in [0.5, 0.6) is 5.75 Å². The van der Waals surface area contributed by atoms with E-state index in [0.717, 1.165) is 25.7 Å². The molecule has 2 aromatic carbocycles. The van der Waals surface area contributed by atoms with Crippen molar-refractivity contribution < 1.29 is 23.9 Å². The molecular weight excluding hydrogens is 458 g/mol. The number of hydrogen-bond acceptors (Lipinski definition) is 6. The van der Waals surface area contributed by atoms with E-state index in [9.17, 15) is 14.4 Å². The van der Waals surface area contributed by atoms with Crippen molar-refractivity contribution >= 4 is 35.3 Å². The van der Waals surface area contributed by atoms with Crippen molar-refractivity contribution in [2.45, 2.75) is 52.0 Å². The Labute approximate surface area is 211 Å². The van der Waals surface area contributed by atoms with Crippen molar-refractivity contribution in [2.75, 3.05) is 18.2 Å². The Bertz CT molecular complexity index is 1180. The molecule has 2 aliphatic rings. The highest BCUT2D eigenvalue weighted by Crippen LogP contribution is 2.28. The summed E-state index contributed by atoms with van der Waals surface area (Å²) in [6, 6.07) is 14.0. The van der Waals surface area contributed by atoms with E-state index >= 15 is 0 Å². The zero-order valence-corrected chi connectivity index (χ0v) is 20.7. The quantitative estimate of drug-likeness (QED) is 0.435. The van der Waals surface area contributed by atoms with Gasteiger partial charge in [-0.25, -0.2) is 4.79 Å². The molecule has 0 saturated heterocycles. The van der Waals surface area contributed by atoms with Crippen molar-refractivity contribution in [3.05, 3.63) is 65.2 Å². The van der Waals surface area contributed by atoms with Crippen LogP contribution in [0.15, 0.2) is 59.2 Å². The lowest BCUT2D eigenvalue weighted by Crippen LogP contribution is -2.39. The second kappa shape index (κ2) is 11.7. The lowest BCUT2D eigenvalue weighted by atomic mass is 9.95. The molecule has 1 aliphatic carbocycles. The van der Waals surface area contributed by atoms with E-state index in [4.69, 9.17) is 9.47 Å². The van der Waals surface area contributed by atoms with Crippen molar-refractivity contribution in [1.82, 2.24) is 5.32 Å². The molecule has 188 valence electrons. The number of amides is 2. The molecule has 2 amide bonds. The second-order valence-electron chi connectivity index (χ2n) is 8.86. The van der Waals surface area contributed by atoms with Gasteiger partial charge in [0, 0.05) is 11.6 Å². The van der Waals surface area contributed by atoms with E-state index < -0.39 is 5.97 Å². The maximum atomic E-state index is 13.2. The monoisotopic (exact) mass is 489 g/mol. The summed E-state index contributed by atoms with van der Waals surface area (Å²) in [6.07, 6.45) is 7.26. The van der Waals surface area contributed by atoms with Gasteiger partial charge in [0.05, 0.1) is 29.1 Å². The zero-order chi connectivity index (χ0) is 25.5. The number of anilines is 1. The van der Waals surface area contributed by atoms with Gasteiger partial charge in [0.1, 0.15) is 5.75 Å². The average Bonchev–Trinajstić information content (AvgIpc) is 3.17. The fourth-order valence-electron chi connectivity index (χ4n) is 4.36. The summed E-state index contributed by atoms with van der Waals surface area (Å²) in [6.45, 7) is 3.71. The summed E-state index contributed by atoms with van der Waals surface area (Å²) < 4.78 is 10.8. The molecule has 1 heterocycles. The molecule has 36 heavy (non-hydrogen) atoms. The number of benzene rings is 2. The van der Waals surface area contributed by atoms with Crippen LogP contribution in [0.25, 0.3) is 6.08 Å². The van der Waals surface area contributed by atoms with Gasteiger partial charge in [0.2, 0.25) is 0 Å². The largest absolute Gasteiger partial charge is 0.483 e. The summed E-state index contributed by atoms with van der Waals surface area (Å²) in [5, 5.41) is 8.76. The zero-order valence-electron chi connectivity index (χ0n) is 20.7. The molecule has 0 spiro atoms. The number of hydrazone groups is 1. The van der Waals surface area contributed by atoms with Crippen LogP contribution in [-0.4, -0.2) is 42.8 Å². The summed E-state index contributed by atoms with van der Waals surface area (Å²) in [7, 11) is 0. The maximum Gasteiger partial charge on any atom is 0.338 e. The third kappa shape index (κ3) is 6.00. The topological polar surface area (TPSA) is 97.3 Å². The Balaban J connectivity index is 1.45. The van der Waals surface area contributed by atoms with Gasteiger partial charge in [-0.05, 0) is 63.1 Å². The van der Waals surface area contributed by atoms with E-state index in [1.165, 1.54) is 11.4 Å². The first-order valence-corrected chi connectivity index (χ1v) is 12.4. The highest BCUT2D eigenvalue weighted by Gasteiger charge is 2.29. The molecule has 4 rings (SSSR count). The van der Waals surface area contributed by atoms with Crippen LogP contribution in [0.1, 0.15) is 61.9 Å². The van der Waals surface area contributed by atoms with Crippen molar-refractivity contribution in [3.8, 4) is 5.75 Å². The number of hydrogen-bond donors (Lipinski definition) is 1. The fourth-order valence-corrected chi connectivity index (χ4v) is 4.36. The Morgan fingerprint density at radius 1 is 1.08 bits per heavy atom. The second-order valence-corrected chi connectivity index (χ2v) is 8.86. The first kappa shape index (κ1) is 25.2. The first-order chi connectivity index (χ1) is 17.5. The van der Waals surface area contributed by atoms with Crippen LogP contribution in [0.3, 0.4) is 0 Å². The highest BCUT2D eigenvalue weighted by atomic mass is 16.5. The van der Waals surface area contributed by atoms with E-state index in [2.05, 4.69) is 10.4 Å². The maximum absolute atomic E-state index is 13.2. The number of ether oxygens (including phenoxy) is 2. The van der Waals surface area contributed by atoms with Gasteiger partial charge >= 0.3 is 5.97 Å². The molecule has 0 aromatic heterocycles. The van der Waals surface area contributed by atoms with Crippen LogP contribution in [0.4, 0.5) is 5.69 Å². The van der Waals surface area contributed by atoms with Crippen LogP contribution in [0, 0.1) is 0 Å². The normalized spacial score (nSPS) is 17.2. The fraction of sp³-hybridized carbons (Fsp3) is 0.357. The number of nitrogens with zero attached hydrogens (tertiary/aromatic N) is 2. The standard InChI is InChI=1S/C28H31N3O5/c1-3-35-28(34)20-13-15-23(16-14-20)31-27(33)24(19(2)30-31)17-21-9-7-8-12-25(21)36-18-26(32)29-22-10-5-4-6-11-22/h7-9,12-17,22H,3-6,10-11,18H2,1-2H3,(H,29,32). The van der Waals surface area contributed by atoms with Gasteiger partial charge in [-0.3, -0.25) is 9.59 Å². The van der Waals surface area contributed by atoms with Gasteiger partial charge < -0.3 is 14.8 Å². The van der Waals surface area contributed by atoms with Gasteiger partial charge in [0.25, 0.3) is 11.8 Å². The molecule has 0 unspecified atom stereocenters. The minimum Gasteiger partial charge on any atom is -0.483 e. The number of esters is 1. The lowest BCUT2D eigenvalue weighted by molar-refractivity contribution is -0.124.